The summed E-state index contributed by atoms with van der Waals surface area (Å²) in [6.45, 7) is 9.46. The van der Waals surface area contributed by atoms with E-state index in [-0.39, 0.29) is 0 Å². The van der Waals surface area contributed by atoms with E-state index >= 15 is 0 Å². The van der Waals surface area contributed by atoms with Gasteiger partial charge in [0, 0.05) is 18.0 Å². The SMILES string of the molecule is CCN=CNc1cc(C)c(CCS/C=C(\C)c2ccc3c(c2)CCCC3)cc1C. The van der Waals surface area contributed by atoms with E-state index in [1.165, 1.54) is 53.5 Å². The van der Waals surface area contributed by atoms with Crippen LogP contribution in [-0.4, -0.2) is 18.6 Å². The number of allylic oxidation sites excluding steroid dienone is 1. The lowest BCUT2D eigenvalue weighted by molar-refractivity contribution is 0.685. The van der Waals surface area contributed by atoms with Crippen molar-refractivity contribution in [3.63, 3.8) is 0 Å². The zero-order valence-electron chi connectivity index (χ0n) is 18.3. The quantitative estimate of drug-likeness (QED) is 0.290. The summed E-state index contributed by atoms with van der Waals surface area (Å²) in [5.74, 6) is 1.10. The third-order valence-electron chi connectivity index (χ3n) is 5.73. The molecule has 0 spiro atoms. The molecule has 2 aromatic rings. The van der Waals surface area contributed by atoms with Gasteiger partial charge < -0.3 is 5.32 Å². The van der Waals surface area contributed by atoms with Gasteiger partial charge in [-0.2, -0.15) is 0 Å². The van der Waals surface area contributed by atoms with E-state index in [4.69, 9.17) is 0 Å². The molecular formula is C26H34N2S. The van der Waals surface area contributed by atoms with E-state index < -0.39 is 0 Å². The maximum atomic E-state index is 4.24. The average Bonchev–Trinajstić information content (AvgIpc) is 2.73. The average molecular weight is 407 g/mol. The van der Waals surface area contributed by atoms with E-state index in [9.17, 15) is 0 Å². The number of thioether (sulfide) groups is 1. The first-order valence-electron chi connectivity index (χ1n) is 10.8. The van der Waals surface area contributed by atoms with Crippen LogP contribution >= 0.6 is 11.8 Å². The molecule has 0 amide bonds. The standard InChI is InChI=1S/C26H34N2S/c1-5-27-18-28-26-15-19(2)24(14-20(26)3)12-13-29-17-21(4)23-11-10-22-8-6-7-9-25(22)16-23/h10-11,14-18H,5-9,12-13H2,1-4H3,(H,27,28)/b21-17+. The molecule has 1 N–H and O–H groups in total. The number of hydrogen-bond donors (Lipinski definition) is 1. The van der Waals surface area contributed by atoms with Gasteiger partial charge in [-0.05, 0) is 110 Å². The molecule has 1 aliphatic rings. The van der Waals surface area contributed by atoms with Gasteiger partial charge in [0.05, 0.1) is 6.34 Å². The Morgan fingerprint density at radius 1 is 1.07 bits per heavy atom. The van der Waals surface area contributed by atoms with Crippen molar-refractivity contribution in [2.24, 2.45) is 4.99 Å². The molecule has 0 aliphatic heterocycles. The Morgan fingerprint density at radius 3 is 2.66 bits per heavy atom. The molecule has 0 aromatic heterocycles. The van der Waals surface area contributed by atoms with Crippen molar-refractivity contribution in [2.75, 3.05) is 17.6 Å². The molecule has 154 valence electrons. The summed E-state index contributed by atoms with van der Waals surface area (Å²) in [5.41, 5.74) is 11.1. The minimum atomic E-state index is 0.804. The van der Waals surface area contributed by atoms with Gasteiger partial charge in [-0.15, -0.1) is 11.8 Å². The van der Waals surface area contributed by atoms with Crippen molar-refractivity contribution in [1.82, 2.24) is 0 Å². The summed E-state index contributed by atoms with van der Waals surface area (Å²) in [4.78, 5) is 4.24. The lowest BCUT2D eigenvalue weighted by Gasteiger charge is -2.16. The highest BCUT2D eigenvalue weighted by molar-refractivity contribution is 8.02. The molecule has 0 saturated heterocycles. The second-order valence-corrected chi connectivity index (χ2v) is 8.96. The minimum Gasteiger partial charge on any atom is -0.347 e. The van der Waals surface area contributed by atoms with Crippen molar-refractivity contribution in [3.8, 4) is 0 Å². The fourth-order valence-electron chi connectivity index (χ4n) is 3.91. The zero-order valence-corrected chi connectivity index (χ0v) is 19.2. The van der Waals surface area contributed by atoms with Gasteiger partial charge in [0.2, 0.25) is 0 Å². The number of nitrogens with one attached hydrogen (secondary N) is 1. The van der Waals surface area contributed by atoms with Crippen LogP contribution in [0.4, 0.5) is 5.69 Å². The van der Waals surface area contributed by atoms with E-state index in [1.807, 2.05) is 18.7 Å². The normalized spacial score (nSPS) is 14.3. The van der Waals surface area contributed by atoms with Crippen LogP contribution in [0.25, 0.3) is 5.57 Å². The Kier molecular flexibility index (Phi) is 8.00. The smallest absolute Gasteiger partial charge is 0.0867 e. The third kappa shape index (κ3) is 5.99. The Labute approximate surface area is 180 Å². The molecular weight excluding hydrogens is 372 g/mol. The zero-order chi connectivity index (χ0) is 20.6. The van der Waals surface area contributed by atoms with E-state index in [0.29, 0.717) is 0 Å². The highest BCUT2D eigenvalue weighted by atomic mass is 32.2. The highest BCUT2D eigenvalue weighted by Gasteiger charge is 2.10. The van der Waals surface area contributed by atoms with Gasteiger partial charge in [-0.3, -0.25) is 4.99 Å². The van der Waals surface area contributed by atoms with Crippen LogP contribution in [0.15, 0.2) is 40.7 Å². The molecule has 3 heteroatoms. The molecule has 0 heterocycles. The van der Waals surface area contributed by atoms with Gasteiger partial charge in [-0.1, -0.05) is 24.3 Å². The fraction of sp³-hybridized carbons (Fsp3) is 0.423. The Bertz CT molecular complexity index is 896. The van der Waals surface area contributed by atoms with Crippen LogP contribution in [0, 0.1) is 13.8 Å². The highest BCUT2D eigenvalue weighted by Crippen LogP contribution is 2.27. The fourth-order valence-corrected chi connectivity index (χ4v) is 4.75. The number of hydrogen-bond acceptors (Lipinski definition) is 2. The summed E-state index contributed by atoms with van der Waals surface area (Å²) in [7, 11) is 0. The van der Waals surface area contributed by atoms with Crippen LogP contribution in [0.5, 0.6) is 0 Å². The minimum absolute atomic E-state index is 0.804. The molecule has 1 aliphatic carbocycles. The van der Waals surface area contributed by atoms with Crippen LogP contribution < -0.4 is 5.32 Å². The Hall–Kier alpha value is -2.00. The maximum absolute atomic E-state index is 4.24. The monoisotopic (exact) mass is 406 g/mol. The molecule has 0 fully saturated rings. The molecule has 3 rings (SSSR count). The second-order valence-electron chi connectivity index (χ2n) is 7.98. The third-order valence-corrected chi connectivity index (χ3v) is 6.69. The van der Waals surface area contributed by atoms with Crippen LogP contribution in [0.3, 0.4) is 0 Å². The van der Waals surface area contributed by atoms with Crippen molar-refractivity contribution >= 4 is 29.4 Å². The lowest BCUT2D eigenvalue weighted by Crippen LogP contribution is -2.02. The summed E-state index contributed by atoms with van der Waals surface area (Å²) in [6.07, 6.45) is 8.08. The summed E-state index contributed by atoms with van der Waals surface area (Å²) >= 11 is 1.93. The van der Waals surface area contributed by atoms with E-state index in [2.05, 4.69) is 66.8 Å². The lowest BCUT2D eigenvalue weighted by atomic mass is 9.89. The predicted octanol–water partition coefficient (Wildman–Crippen LogP) is 6.98. The first-order valence-corrected chi connectivity index (χ1v) is 11.9. The van der Waals surface area contributed by atoms with Crippen molar-refractivity contribution in [2.45, 2.75) is 59.8 Å². The van der Waals surface area contributed by atoms with Gasteiger partial charge in [0.15, 0.2) is 0 Å². The molecule has 2 nitrogen and oxygen atoms in total. The van der Waals surface area contributed by atoms with Crippen LogP contribution in [-0.2, 0) is 19.3 Å². The van der Waals surface area contributed by atoms with E-state index in [0.717, 1.165) is 24.4 Å². The summed E-state index contributed by atoms with van der Waals surface area (Å²) in [6, 6.07) is 11.6. The van der Waals surface area contributed by atoms with Crippen molar-refractivity contribution in [3.05, 3.63) is 69.1 Å². The Morgan fingerprint density at radius 2 is 1.86 bits per heavy atom. The summed E-state index contributed by atoms with van der Waals surface area (Å²) in [5, 5.41) is 5.63. The molecule has 0 radical (unpaired) electrons. The predicted molar refractivity (Wildman–Crippen MR) is 131 cm³/mol. The second kappa shape index (κ2) is 10.7. The molecule has 0 unspecified atom stereocenters. The molecule has 0 atom stereocenters. The Balaban J connectivity index is 1.57. The van der Waals surface area contributed by atoms with Gasteiger partial charge in [-0.25, -0.2) is 0 Å². The van der Waals surface area contributed by atoms with Crippen LogP contribution in [0.2, 0.25) is 0 Å². The van der Waals surface area contributed by atoms with Crippen molar-refractivity contribution in [1.29, 1.82) is 0 Å². The number of aryl methyl sites for hydroxylation is 5. The number of aliphatic imine (C=N–C) groups is 1. The van der Waals surface area contributed by atoms with Gasteiger partial charge >= 0.3 is 0 Å². The van der Waals surface area contributed by atoms with E-state index in [1.54, 1.807) is 17.5 Å². The number of benzene rings is 2. The number of rotatable bonds is 8. The van der Waals surface area contributed by atoms with Crippen LogP contribution in [0.1, 0.15) is 60.1 Å². The van der Waals surface area contributed by atoms with Gasteiger partial charge in [0.25, 0.3) is 0 Å². The first-order chi connectivity index (χ1) is 14.1. The van der Waals surface area contributed by atoms with Crippen molar-refractivity contribution < 1.29 is 0 Å². The molecule has 0 bridgehead atoms. The first kappa shape index (κ1) is 21.7. The largest absolute Gasteiger partial charge is 0.347 e. The maximum Gasteiger partial charge on any atom is 0.0867 e. The molecule has 2 aromatic carbocycles. The number of anilines is 1. The molecule has 0 saturated carbocycles. The van der Waals surface area contributed by atoms with Gasteiger partial charge in [0.1, 0.15) is 0 Å². The number of fused-ring (bicyclic) bond motifs is 1. The molecule has 29 heavy (non-hydrogen) atoms. The number of nitrogens with zero attached hydrogens (tertiary/aromatic N) is 1. The summed E-state index contributed by atoms with van der Waals surface area (Å²) < 4.78 is 0. The topological polar surface area (TPSA) is 24.4 Å².